The molecule has 2 aromatic rings. The van der Waals surface area contributed by atoms with Gasteiger partial charge >= 0.3 is 5.97 Å². The Balaban J connectivity index is 2.32. The monoisotopic (exact) mass is 388 g/mol. The number of carbonyl (C=O) groups is 2. The van der Waals surface area contributed by atoms with Gasteiger partial charge in [-0.2, -0.15) is 0 Å². The van der Waals surface area contributed by atoms with Crippen molar-refractivity contribution in [3.05, 3.63) is 56.2 Å². The van der Waals surface area contributed by atoms with Crippen LogP contribution in [0.2, 0.25) is 10.0 Å². The van der Waals surface area contributed by atoms with Gasteiger partial charge in [-0.25, -0.2) is 4.79 Å². The van der Waals surface area contributed by atoms with Gasteiger partial charge < -0.3 is 10.4 Å². The molecule has 0 bridgehead atoms. The lowest BCUT2D eigenvalue weighted by Gasteiger charge is -2.10. The molecular formula is C13H7BrCl2N2O3. The number of nitrogens with one attached hydrogen (secondary N) is 1. The highest BCUT2D eigenvalue weighted by Gasteiger charge is 2.15. The Labute approximate surface area is 138 Å². The van der Waals surface area contributed by atoms with Gasteiger partial charge in [0.05, 0.1) is 26.9 Å². The van der Waals surface area contributed by atoms with Crippen molar-refractivity contribution in [2.45, 2.75) is 0 Å². The van der Waals surface area contributed by atoms with E-state index in [0.29, 0.717) is 10.0 Å². The second-order valence-electron chi connectivity index (χ2n) is 3.97. The van der Waals surface area contributed by atoms with Crippen molar-refractivity contribution in [2.75, 3.05) is 5.32 Å². The maximum atomic E-state index is 12.1. The Morgan fingerprint density at radius 3 is 2.24 bits per heavy atom. The van der Waals surface area contributed by atoms with E-state index >= 15 is 0 Å². The molecule has 21 heavy (non-hydrogen) atoms. The first-order valence-electron chi connectivity index (χ1n) is 5.52. The van der Waals surface area contributed by atoms with Gasteiger partial charge in [-0.1, -0.05) is 23.2 Å². The maximum Gasteiger partial charge on any atom is 0.335 e. The van der Waals surface area contributed by atoms with Gasteiger partial charge in [0.2, 0.25) is 0 Å². The second-order valence-corrected chi connectivity index (χ2v) is 5.70. The maximum absolute atomic E-state index is 12.1. The molecule has 1 heterocycles. The first-order valence-corrected chi connectivity index (χ1v) is 7.07. The topological polar surface area (TPSA) is 79.3 Å². The fourth-order valence-electron chi connectivity index (χ4n) is 1.54. The lowest BCUT2D eigenvalue weighted by atomic mass is 10.2. The SMILES string of the molecule is O=C(O)c1cc(Cl)c(NC(=O)c2cncc(Br)c2)c(Cl)c1. The number of amides is 1. The fraction of sp³-hybridized carbons (Fsp3) is 0. The molecule has 0 spiro atoms. The van der Waals surface area contributed by atoms with Crippen LogP contribution in [0.4, 0.5) is 5.69 Å². The number of rotatable bonds is 3. The lowest BCUT2D eigenvalue weighted by molar-refractivity contribution is 0.0696. The summed E-state index contributed by atoms with van der Waals surface area (Å²) >= 11 is 15.1. The van der Waals surface area contributed by atoms with Gasteiger partial charge in [-0.3, -0.25) is 9.78 Å². The number of pyridine rings is 1. The van der Waals surface area contributed by atoms with Crippen LogP contribution in [0.15, 0.2) is 35.1 Å². The van der Waals surface area contributed by atoms with Crippen LogP contribution >= 0.6 is 39.1 Å². The Bertz CT molecular complexity index is 714. The molecular weight excluding hydrogens is 383 g/mol. The van der Waals surface area contributed by atoms with Crippen molar-refractivity contribution in [1.82, 2.24) is 4.98 Å². The molecule has 0 aliphatic rings. The first-order chi connectivity index (χ1) is 9.88. The van der Waals surface area contributed by atoms with Gasteiger partial charge in [0.25, 0.3) is 5.91 Å². The van der Waals surface area contributed by atoms with Crippen LogP contribution in [0.3, 0.4) is 0 Å². The van der Waals surface area contributed by atoms with Gasteiger partial charge in [0.1, 0.15) is 0 Å². The van der Waals surface area contributed by atoms with E-state index in [9.17, 15) is 9.59 Å². The van der Waals surface area contributed by atoms with Crippen molar-refractivity contribution < 1.29 is 14.7 Å². The van der Waals surface area contributed by atoms with E-state index in [1.807, 2.05) is 0 Å². The summed E-state index contributed by atoms with van der Waals surface area (Å²) < 4.78 is 0.647. The van der Waals surface area contributed by atoms with E-state index in [-0.39, 0.29) is 21.3 Å². The van der Waals surface area contributed by atoms with Gasteiger partial charge in [0, 0.05) is 16.9 Å². The second kappa shape index (κ2) is 6.43. The smallest absolute Gasteiger partial charge is 0.335 e. The Hall–Kier alpha value is -1.63. The highest BCUT2D eigenvalue weighted by Crippen LogP contribution is 2.32. The molecule has 2 N–H and O–H groups in total. The van der Waals surface area contributed by atoms with E-state index in [1.54, 1.807) is 12.3 Å². The van der Waals surface area contributed by atoms with Crippen molar-refractivity contribution in [1.29, 1.82) is 0 Å². The Kier molecular flexibility index (Phi) is 4.82. The van der Waals surface area contributed by atoms with Crippen molar-refractivity contribution in [2.24, 2.45) is 0 Å². The molecule has 1 aromatic heterocycles. The molecule has 0 aliphatic carbocycles. The van der Waals surface area contributed by atoms with Crippen LogP contribution < -0.4 is 5.32 Å². The molecule has 0 saturated heterocycles. The zero-order chi connectivity index (χ0) is 15.6. The van der Waals surface area contributed by atoms with Crippen molar-refractivity contribution in [3.63, 3.8) is 0 Å². The molecule has 1 amide bonds. The third kappa shape index (κ3) is 3.72. The Morgan fingerprint density at radius 2 is 1.71 bits per heavy atom. The van der Waals surface area contributed by atoms with Crippen molar-refractivity contribution >= 4 is 56.7 Å². The molecule has 0 saturated carbocycles. The quantitative estimate of drug-likeness (QED) is 0.828. The molecule has 0 aliphatic heterocycles. The average molecular weight is 390 g/mol. The summed E-state index contributed by atoms with van der Waals surface area (Å²) in [5.74, 6) is -1.62. The first kappa shape index (κ1) is 15.8. The Morgan fingerprint density at radius 1 is 1.10 bits per heavy atom. The van der Waals surface area contributed by atoms with Crippen LogP contribution in [0.5, 0.6) is 0 Å². The predicted molar refractivity (Wildman–Crippen MR) is 83.3 cm³/mol. The molecule has 8 heteroatoms. The molecule has 2 rings (SSSR count). The standard InChI is InChI=1S/C13H7BrCl2N2O3/c14-8-1-7(4-17-5-8)12(19)18-11-9(15)2-6(13(20)21)3-10(11)16/h1-5H,(H,18,19)(H,20,21). The highest BCUT2D eigenvalue weighted by atomic mass is 79.9. The fourth-order valence-corrected chi connectivity index (χ4v) is 2.48. The van der Waals surface area contributed by atoms with E-state index in [4.69, 9.17) is 28.3 Å². The third-order valence-electron chi connectivity index (χ3n) is 2.49. The number of benzene rings is 1. The molecule has 0 fully saturated rings. The molecule has 1 aromatic carbocycles. The van der Waals surface area contributed by atoms with E-state index in [2.05, 4.69) is 26.2 Å². The van der Waals surface area contributed by atoms with Crippen LogP contribution in [0, 0.1) is 0 Å². The average Bonchev–Trinajstić information content (AvgIpc) is 2.42. The number of anilines is 1. The zero-order valence-corrected chi connectivity index (χ0v) is 13.3. The van der Waals surface area contributed by atoms with Crippen molar-refractivity contribution in [3.8, 4) is 0 Å². The zero-order valence-electron chi connectivity index (χ0n) is 10.2. The van der Waals surface area contributed by atoms with E-state index < -0.39 is 11.9 Å². The number of hydrogen-bond donors (Lipinski definition) is 2. The predicted octanol–water partition coefficient (Wildman–Crippen LogP) is 4.10. The summed E-state index contributed by atoms with van der Waals surface area (Å²) in [7, 11) is 0. The normalized spacial score (nSPS) is 10.2. The minimum atomic E-state index is -1.16. The number of aromatic nitrogens is 1. The number of aromatic carboxylic acids is 1. The number of hydrogen-bond acceptors (Lipinski definition) is 3. The lowest BCUT2D eigenvalue weighted by Crippen LogP contribution is -2.13. The van der Waals surface area contributed by atoms with Crippen LogP contribution in [-0.2, 0) is 0 Å². The van der Waals surface area contributed by atoms with Gasteiger partial charge in [0.15, 0.2) is 0 Å². The number of nitrogens with zero attached hydrogens (tertiary/aromatic N) is 1. The van der Waals surface area contributed by atoms with Gasteiger partial charge in [-0.05, 0) is 34.1 Å². The molecule has 0 atom stereocenters. The number of halogens is 3. The largest absolute Gasteiger partial charge is 0.478 e. The van der Waals surface area contributed by atoms with Crippen LogP contribution in [-0.4, -0.2) is 22.0 Å². The minimum Gasteiger partial charge on any atom is -0.478 e. The van der Waals surface area contributed by atoms with E-state index in [1.165, 1.54) is 18.3 Å². The number of carbonyl (C=O) groups excluding carboxylic acids is 1. The van der Waals surface area contributed by atoms with Crippen LogP contribution in [0.25, 0.3) is 0 Å². The molecule has 0 unspecified atom stereocenters. The minimum absolute atomic E-state index is 0.0382. The van der Waals surface area contributed by atoms with E-state index in [0.717, 1.165) is 0 Å². The summed E-state index contributed by atoms with van der Waals surface area (Å²) in [6.07, 6.45) is 2.92. The molecule has 5 nitrogen and oxygen atoms in total. The number of carboxylic acids is 1. The number of carboxylic acid groups (broad SMARTS) is 1. The summed E-state index contributed by atoms with van der Waals surface area (Å²) in [5.41, 5.74) is 0.388. The third-order valence-corrected chi connectivity index (χ3v) is 3.52. The van der Waals surface area contributed by atoms with Crippen LogP contribution in [0.1, 0.15) is 20.7 Å². The molecule has 108 valence electrons. The highest BCUT2D eigenvalue weighted by molar-refractivity contribution is 9.10. The summed E-state index contributed by atoms with van der Waals surface area (Å²) in [6, 6.07) is 4.00. The van der Waals surface area contributed by atoms with Gasteiger partial charge in [-0.15, -0.1) is 0 Å². The summed E-state index contributed by atoms with van der Waals surface area (Å²) in [4.78, 5) is 26.8. The molecule has 0 radical (unpaired) electrons. The summed E-state index contributed by atoms with van der Waals surface area (Å²) in [5, 5.41) is 11.5. The summed E-state index contributed by atoms with van der Waals surface area (Å²) in [6.45, 7) is 0.